The van der Waals surface area contributed by atoms with E-state index in [2.05, 4.69) is 0 Å². The predicted molar refractivity (Wildman–Crippen MR) is 88.4 cm³/mol. The molecule has 1 saturated heterocycles. The van der Waals surface area contributed by atoms with Crippen LogP contribution in [0.3, 0.4) is 0 Å². The molecular weight excluding hydrogens is 290 g/mol. The fourth-order valence-corrected chi connectivity index (χ4v) is 2.79. The number of rotatable bonds is 3. The van der Waals surface area contributed by atoms with Crippen LogP contribution in [0.25, 0.3) is 0 Å². The standard InChI is InChI=1S/C19H21NO3/c1-19(22)12-13-20(18(21)15-8-4-2-5-9-15)14-17(19)23-16-10-6-3-7-11-16/h2-11,17,22H,12-14H2,1H3/t17-,19-/m1/s1. The third-order valence-corrected chi connectivity index (χ3v) is 4.30. The molecule has 0 spiro atoms. The van der Waals surface area contributed by atoms with Crippen molar-refractivity contribution in [2.75, 3.05) is 13.1 Å². The van der Waals surface area contributed by atoms with E-state index in [1.54, 1.807) is 11.8 Å². The topological polar surface area (TPSA) is 49.8 Å². The first-order chi connectivity index (χ1) is 11.1. The monoisotopic (exact) mass is 311 g/mol. The van der Waals surface area contributed by atoms with Crippen LogP contribution in [0.1, 0.15) is 23.7 Å². The Kier molecular flexibility index (Phi) is 4.35. The number of ether oxygens (including phenoxy) is 1. The van der Waals surface area contributed by atoms with Crippen LogP contribution in [0.4, 0.5) is 0 Å². The number of benzene rings is 2. The third-order valence-electron chi connectivity index (χ3n) is 4.30. The zero-order valence-corrected chi connectivity index (χ0v) is 13.2. The van der Waals surface area contributed by atoms with Gasteiger partial charge in [-0.1, -0.05) is 36.4 Å². The van der Waals surface area contributed by atoms with Crippen LogP contribution in [0.2, 0.25) is 0 Å². The van der Waals surface area contributed by atoms with E-state index in [1.807, 2.05) is 60.7 Å². The van der Waals surface area contributed by atoms with Crippen molar-refractivity contribution in [1.82, 2.24) is 4.90 Å². The van der Waals surface area contributed by atoms with Gasteiger partial charge in [-0.3, -0.25) is 4.79 Å². The lowest BCUT2D eigenvalue weighted by Crippen LogP contribution is -2.57. The summed E-state index contributed by atoms with van der Waals surface area (Å²) < 4.78 is 5.94. The molecule has 120 valence electrons. The Balaban J connectivity index is 1.75. The van der Waals surface area contributed by atoms with Crippen LogP contribution in [0, 0.1) is 0 Å². The van der Waals surface area contributed by atoms with Crippen molar-refractivity contribution in [2.45, 2.75) is 25.0 Å². The van der Waals surface area contributed by atoms with Crippen LogP contribution in [-0.2, 0) is 0 Å². The smallest absolute Gasteiger partial charge is 0.253 e. The van der Waals surface area contributed by atoms with Gasteiger partial charge in [-0.15, -0.1) is 0 Å². The Hall–Kier alpha value is -2.33. The summed E-state index contributed by atoms with van der Waals surface area (Å²) in [4.78, 5) is 14.3. The molecule has 0 saturated carbocycles. The molecule has 0 aromatic heterocycles. The van der Waals surface area contributed by atoms with Gasteiger partial charge in [0.15, 0.2) is 0 Å². The van der Waals surface area contributed by atoms with E-state index >= 15 is 0 Å². The number of carbonyl (C=O) groups excluding carboxylic acids is 1. The number of hydrogen-bond acceptors (Lipinski definition) is 3. The van der Waals surface area contributed by atoms with E-state index in [0.29, 0.717) is 30.8 Å². The third kappa shape index (κ3) is 3.54. The molecule has 2 aromatic carbocycles. The van der Waals surface area contributed by atoms with Gasteiger partial charge in [0.25, 0.3) is 5.91 Å². The predicted octanol–water partition coefficient (Wildman–Crippen LogP) is 2.73. The number of likely N-dealkylation sites (tertiary alicyclic amines) is 1. The van der Waals surface area contributed by atoms with Gasteiger partial charge in [0, 0.05) is 12.1 Å². The summed E-state index contributed by atoms with van der Waals surface area (Å²) >= 11 is 0. The lowest BCUT2D eigenvalue weighted by molar-refractivity contribution is -0.0881. The zero-order valence-electron chi connectivity index (χ0n) is 13.2. The summed E-state index contributed by atoms with van der Waals surface area (Å²) in [6.07, 6.45) is 0.0367. The minimum Gasteiger partial charge on any atom is -0.486 e. The van der Waals surface area contributed by atoms with Gasteiger partial charge < -0.3 is 14.7 Å². The zero-order chi connectivity index (χ0) is 16.3. The maximum absolute atomic E-state index is 12.6. The molecule has 1 N–H and O–H groups in total. The van der Waals surface area contributed by atoms with Crippen molar-refractivity contribution >= 4 is 5.91 Å². The van der Waals surface area contributed by atoms with Gasteiger partial charge in [-0.25, -0.2) is 0 Å². The van der Waals surface area contributed by atoms with Crippen molar-refractivity contribution in [3.63, 3.8) is 0 Å². The molecule has 0 radical (unpaired) electrons. The first-order valence-corrected chi connectivity index (χ1v) is 7.85. The first kappa shape index (κ1) is 15.6. The molecule has 0 unspecified atom stereocenters. The van der Waals surface area contributed by atoms with E-state index in [1.165, 1.54) is 0 Å². The average molecular weight is 311 g/mol. The Morgan fingerprint density at radius 2 is 1.74 bits per heavy atom. The van der Waals surface area contributed by atoms with Crippen molar-refractivity contribution < 1.29 is 14.6 Å². The number of nitrogens with zero attached hydrogens (tertiary/aromatic N) is 1. The van der Waals surface area contributed by atoms with Crippen LogP contribution >= 0.6 is 0 Å². The number of piperidine rings is 1. The maximum Gasteiger partial charge on any atom is 0.253 e. The molecule has 4 heteroatoms. The second-order valence-corrected chi connectivity index (χ2v) is 6.14. The molecule has 4 nitrogen and oxygen atoms in total. The van der Waals surface area contributed by atoms with Gasteiger partial charge in [-0.05, 0) is 37.6 Å². The molecule has 1 fully saturated rings. The van der Waals surface area contributed by atoms with Gasteiger partial charge in [0.1, 0.15) is 17.5 Å². The van der Waals surface area contributed by atoms with Gasteiger partial charge >= 0.3 is 0 Å². The highest BCUT2D eigenvalue weighted by Gasteiger charge is 2.41. The highest BCUT2D eigenvalue weighted by Crippen LogP contribution is 2.27. The van der Waals surface area contributed by atoms with E-state index in [0.717, 1.165) is 0 Å². The highest BCUT2D eigenvalue weighted by molar-refractivity contribution is 5.94. The molecule has 2 atom stereocenters. The van der Waals surface area contributed by atoms with Crippen molar-refractivity contribution in [1.29, 1.82) is 0 Å². The maximum atomic E-state index is 12.6. The summed E-state index contributed by atoms with van der Waals surface area (Å²) in [5, 5.41) is 10.6. The quantitative estimate of drug-likeness (QED) is 0.948. The fraction of sp³-hybridized carbons (Fsp3) is 0.316. The van der Waals surface area contributed by atoms with Gasteiger partial charge in [-0.2, -0.15) is 0 Å². The Labute approximate surface area is 136 Å². The number of para-hydroxylation sites is 1. The molecule has 3 rings (SSSR count). The molecule has 1 heterocycles. The van der Waals surface area contributed by atoms with Crippen LogP contribution in [-0.4, -0.2) is 40.7 Å². The first-order valence-electron chi connectivity index (χ1n) is 7.85. The minimum absolute atomic E-state index is 0.0252. The molecule has 0 bridgehead atoms. The molecule has 23 heavy (non-hydrogen) atoms. The lowest BCUT2D eigenvalue weighted by Gasteiger charge is -2.42. The highest BCUT2D eigenvalue weighted by atomic mass is 16.5. The second kappa shape index (κ2) is 6.42. The normalized spacial score (nSPS) is 24.3. The van der Waals surface area contributed by atoms with E-state index < -0.39 is 11.7 Å². The Morgan fingerprint density at radius 3 is 2.39 bits per heavy atom. The Bertz CT molecular complexity index is 655. The summed E-state index contributed by atoms with van der Waals surface area (Å²) in [5.41, 5.74) is -0.295. The molecule has 1 aliphatic rings. The van der Waals surface area contributed by atoms with E-state index in [9.17, 15) is 9.90 Å². The van der Waals surface area contributed by atoms with Gasteiger partial charge in [0.2, 0.25) is 0 Å². The second-order valence-electron chi connectivity index (χ2n) is 6.14. The number of carbonyl (C=O) groups is 1. The summed E-state index contributed by atoms with van der Waals surface area (Å²) in [7, 11) is 0. The van der Waals surface area contributed by atoms with Crippen molar-refractivity contribution in [3.8, 4) is 5.75 Å². The molecule has 2 aromatic rings. The number of amides is 1. The fourth-order valence-electron chi connectivity index (χ4n) is 2.79. The molecule has 1 amide bonds. The van der Waals surface area contributed by atoms with E-state index in [-0.39, 0.29) is 5.91 Å². The van der Waals surface area contributed by atoms with Crippen LogP contribution < -0.4 is 4.74 Å². The summed E-state index contributed by atoms with van der Waals surface area (Å²) in [5.74, 6) is 0.676. The minimum atomic E-state index is -0.955. The Morgan fingerprint density at radius 1 is 1.13 bits per heavy atom. The summed E-state index contributed by atoms with van der Waals surface area (Å²) in [6.45, 7) is 2.66. The SMILES string of the molecule is C[C@@]1(O)CCN(C(=O)c2ccccc2)C[C@H]1Oc1ccccc1. The van der Waals surface area contributed by atoms with E-state index in [4.69, 9.17) is 4.74 Å². The van der Waals surface area contributed by atoms with Gasteiger partial charge in [0.05, 0.1) is 6.54 Å². The molecular formula is C19H21NO3. The number of hydrogen-bond donors (Lipinski definition) is 1. The summed E-state index contributed by atoms with van der Waals surface area (Å²) in [6, 6.07) is 18.6. The largest absolute Gasteiger partial charge is 0.486 e. The van der Waals surface area contributed by atoms with Crippen LogP contribution in [0.5, 0.6) is 5.75 Å². The number of aliphatic hydroxyl groups is 1. The molecule has 0 aliphatic carbocycles. The molecule has 1 aliphatic heterocycles. The lowest BCUT2D eigenvalue weighted by atomic mass is 9.90. The van der Waals surface area contributed by atoms with Crippen molar-refractivity contribution in [3.05, 3.63) is 66.2 Å². The average Bonchev–Trinajstić information content (AvgIpc) is 2.58. The van der Waals surface area contributed by atoms with Crippen LogP contribution in [0.15, 0.2) is 60.7 Å². The van der Waals surface area contributed by atoms with Crippen molar-refractivity contribution in [2.24, 2.45) is 0 Å².